The number of rotatable bonds is 5. The molecule has 3 aromatic carbocycles. The second-order valence-electron chi connectivity index (χ2n) is 9.23. The van der Waals surface area contributed by atoms with E-state index in [1.54, 1.807) is 6.07 Å². The molecule has 2 saturated heterocycles. The number of piperidine rings is 1. The Morgan fingerprint density at radius 2 is 1.52 bits per heavy atom. The number of likely N-dealkylation sites (tertiary alicyclic amines) is 1. The molecule has 0 saturated carbocycles. The van der Waals surface area contributed by atoms with Gasteiger partial charge in [-0.1, -0.05) is 36.4 Å². The van der Waals surface area contributed by atoms with Crippen LogP contribution in [-0.4, -0.2) is 31.1 Å². The molecule has 6 heteroatoms. The monoisotopic (exact) mass is 452 g/mol. The Labute approximate surface area is 192 Å². The first-order chi connectivity index (χ1) is 16.0. The summed E-state index contributed by atoms with van der Waals surface area (Å²) in [6, 6.07) is 18.4. The third kappa shape index (κ3) is 4.86. The van der Waals surface area contributed by atoms with E-state index in [2.05, 4.69) is 34.1 Å². The van der Waals surface area contributed by atoms with Gasteiger partial charge < -0.3 is 9.64 Å². The molecular weight excluding hydrogens is 425 g/mol. The fraction of sp³-hybridized carbons (Fsp3) is 0.333. The minimum atomic E-state index is -0.981. The third-order valence-corrected chi connectivity index (χ3v) is 6.96. The van der Waals surface area contributed by atoms with E-state index in [0.29, 0.717) is 5.69 Å². The van der Waals surface area contributed by atoms with Crippen molar-refractivity contribution >= 4 is 5.69 Å². The van der Waals surface area contributed by atoms with Gasteiger partial charge in [0.15, 0.2) is 17.4 Å². The minimum Gasteiger partial charge on any atom is -0.455 e. The number of nitrogens with zero attached hydrogens (tertiary/aromatic N) is 2. The van der Waals surface area contributed by atoms with Crippen molar-refractivity contribution in [1.29, 1.82) is 0 Å². The Hall–Kier alpha value is -2.99. The molecule has 172 valence electrons. The van der Waals surface area contributed by atoms with Crippen LogP contribution in [0.2, 0.25) is 0 Å². The SMILES string of the molecule is Fc1cccc(Oc2cc(F)c(F)cc2N2CCC3(CCN(Cc4ccccc4)C3)CC2)c1. The Kier molecular flexibility index (Phi) is 6.02. The van der Waals surface area contributed by atoms with Gasteiger partial charge in [0.2, 0.25) is 0 Å². The number of halogens is 3. The highest BCUT2D eigenvalue weighted by atomic mass is 19.2. The van der Waals surface area contributed by atoms with E-state index in [4.69, 9.17) is 4.74 Å². The summed E-state index contributed by atoms with van der Waals surface area (Å²) in [6.07, 6.45) is 3.12. The minimum absolute atomic E-state index is 0.201. The lowest BCUT2D eigenvalue weighted by molar-refractivity contribution is 0.206. The normalized spacial score (nSPS) is 18.1. The van der Waals surface area contributed by atoms with Crippen molar-refractivity contribution in [3.05, 3.63) is 89.7 Å². The maximum Gasteiger partial charge on any atom is 0.162 e. The molecule has 0 atom stereocenters. The van der Waals surface area contributed by atoms with Gasteiger partial charge >= 0.3 is 0 Å². The second kappa shape index (κ2) is 9.10. The summed E-state index contributed by atoms with van der Waals surface area (Å²) < 4.78 is 47.5. The third-order valence-electron chi connectivity index (χ3n) is 6.96. The van der Waals surface area contributed by atoms with Crippen LogP contribution in [0.3, 0.4) is 0 Å². The number of hydrogen-bond acceptors (Lipinski definition) is 3. The van der Waals surface area contributed by atoms with Crippen molar-refractivity contribution in [2.75, 3.05) is 31.1 Å². The van der Waals surface area contributed by atoms with E-state index in [1.165, 1.54) is 29.8 Å². The highest BCUT2D eigenvalue weighted by Crippen LogP contribution is 2.44. The van der Waals surface area contributed by atoms with Gasteiger partial charge in [-0.25, -0.2) is 13.2 Å². The summed E-state index contributed by atoms with van der Waals surface area (Å²) in [6.45, 7) is 4.57. The van der Waals surface area contributed by atoms with Crippen molar-refractivity contribution in [2.45, 2.75) is 25.8 Å². The van der Waals surface area contributed by atoms with Crippen LogP contribution in [-0.2, 0) is 6.54 Å². The van der Waals surface area contributed by atoms with Crippen LogP contribution >= 0.6 is 0 Å². The lowest BCUT2D eigenvalue weighted by Crippen LogP contribution is -2.41. The predicted molar refractivity (Wildman–Crippen MR) is 123 cm³/mol. The van der Waals surface area contributed by atoms with Crippen molar-refractivity contribution in [2.24, 2.45) is 5.41 Å². The van der Waals surface area contributed by atoms with Gasteiger partial charge in [-0.15, -0.1) is 0 Å². The van der Waals surface area contributed by atoms with Crippen molar-refractivity contribution < 1.29 is 17.9 Å². The molecule has 0 unspecified atom stereocenters. The van der Waals surface area contributed by atoms with Crippen LogP contribution in [0, 0.1) is 22.9 Å². The van der Waals surface area contributed by atoms with Gasteiger partial charge in [0.1, 0.15) is 11.6 Å². The maximum atomic E-state index is 14.1. The largest absolute Gasteiger partial charge is 0.455 e. The number of hydrogen-bond donors (Lipinski definition) is 0. The highest BCUT2D eigenvalue weighted by Gasteiger charge is 2.41. The number of anilines is 1. The number of benzene rings is 3. The molecule has 0 bridgehead atoms. The fourth-order valence-electron chi connectivity index (χ4n) is 5.14. The maximum absolute atomic E-state index is 14.1. The molecule has 2 fully saturated rings. The molecule has 2 aliphatic heterocycles. The van der Waals surface area contributed by atoms with Gasteiger partial charge in [-0.05, 0) is 48.9 Å². The van der Waals surface area contributed by atoms with Gasteiger partial charge in [-0.3, -0.25) is 4.90 Å². The van der Waals surface area contributed by atoms with Crippen LogP contribution in [0.4, 0.5) is 18.9 Å². The Morgan fingerprint density at radius 3 is 2.27 bits per heavy atom. The molecular formula is C27H27F3N2O. The van der Waals surface area contributed by atoms with Gasteiger partial charge in [0.25, 0.3) is 0 Å². The summed E-state index contributed by atoms with van der Waals surface area (Å²) in [5.74, 6) is -1.88. The zero-order valence-electron chi connectivity index (χ0n) is 18.4. The first-order valence-corrected chi connectivity index (χ1v) is 11.4. The first kappa shape index (κ1) is 21.8. The van der Waals surface area contributed by atoms with Gasteiger partial charge in [0.05, 0.1) is 5.69 Å². The molecule has 1 spiro atoms. The molecule has 5 rings (SSSR count). The smallest absolute Gasteiger partial charge is 0.162 e. The van der Waals surface area contributed by atoms with Gasteiger partial charge in [-0.2, -0.15) is 0 Å². The summed E-state index contributed by atoms with van der Waals surface area (Å²) in [5.41, 5.74) is 2.09. The summed E-state index contributed by atoms with van der Waals surface area (Å²) in [5, 5.41) is 0. The summed E-state index contributed by atoms with van der Waals surface area (Å²) >= 11 is 0. The van der Waals surface area contributed by atoms with Crippen LogP contribution in [0.5, 0.6) is 11.5 Å². The Balaban J connectivity index is 1.28. The zero-order valence-corrected chi connectivity index (χ0v) is 18.4. The zero-order chi connectivity index (χ0) is 22.8. The molecule has 3 nitrogen and oxygen atoms in total. The van der Waals surface area contributed by atoms with Crippen LogP contribution < -0.4 is 9.64 Å². The van der Waals surface area contributed by atoms with Crippen LogP contribution in [0.1, 0.15) is 24.8 Å². The van der Waals surface area contributed by atoms with Crippen molar-refractivity contribution in [1.82, 2.24) is 4.90 Å². The van der Waals surface area contributed by atoms with Crippen molar-refractivity contribution in [3.63, 3.8) is 0 Å². The molecule has 0 radical (unpaired) electrons. The molecule has 0 amide bonds. The van der Waals surface area contributed by atoms with E-state index in [1.807, 2.05) is 6.07 Å². The topological polar surface area (TPSA) is 15.7 Å². The lowest BCUT2D eigenvalue weighted by Gasteiger charge is -2.41. The lowest BCUT2D eigenvalue weighted by atomic mass is 9.77. The molecule has 0 aromatic heterocycles. The average Bonchev–Trinajstić information content (AvgIpc) is 3.19. The van der Waals surface area contributed by atoms with E-state index < -0.39 is 17.5 Å². The second-order valence-corrected chi connectivity index (χ2v) is 9.23. The molecule has 2 aliphatic rings. The Morgan fingerprint density at radius 1 is 0.788 bits per heavy atom. The van der Waals surface area contributed by atoms with E-state index in [0.717, 1.165) is 58.1 Å². The van der Waals surface area contributed by atoms with Crippen LogP contribution in [0.15, 0.2) is 66.7 Å². The molecule has 0 N–H and O–H groups in total. The predicted octanol–water partition coefficient (Wildman–Crippen LogP) is 6.39. The van der Waals surface area contributed by atoms with Crippen molar-refractivity contribution in [3.8, 4) is 11.5 Å². The highest BCUT2D eigenvalue weighted by molar-refractivity contribution is 5.60. The number of ether oxygens (including phenoxy) is 1. The first-order valence-electron chi connectivity index (χ1n) is 11.4. The molecule has 0 aliphatic carbocycles. The molecule has 33 heavy (non-hydrogen) atoms. The van der Waals surface area contributed by atoms with Crippen LogP contribution in [0.25, 0.3) is 0 Å². The summed E-state index contributed by atoms with van der Waals surface area (Å²) in [4.78, 5) is 4.57. The van der Waals surface area contributed by atoms with E-state index >= 15 is 0 Å². The molecule has 3 aromatic rings. The molecule has 2 heterocycles. The van der Waals surface area contributed by atoms with E-state index in [9.17, 15) is 13.2 Å². The van der Waals surface area contributed by atoms with Gasteiger partial charge in [0, 0.05) is 44.4 Å². The standard InChI is InChI=1S/C27H27F3N2O/c28-21-7-4-8-22(15-21)33-26-17-24(30)23(29)16-25(26)32-13-10-27(11-14-32)9-12-31(19-27)18-20-5-2-1-3-6-20/h1-8,15-17H,9-14,18-19H2. The fourth-order valence-corrected chi connectivity index (χ4v) is 5.14. The Bertz CT molecular complexity index is 1110. The van der Waals surface area contributed by atoms with E-state index in [-0.39, 0.29) is 16.9 Å². The summed E-state index contributed by atoms with van der Waals surface area (Å²) in [7, 11) is 0. The quantitative estimate of drug-likeness (QED) is 0.446. The average molecular weight is 453 g/mol.